The fourth-order valence-corrected chi connectivity index (χ4v) is 2.38. The second-order valence-electron chi connectivity index (χ2n) is 5.58. The SMILES string of the molecule is Cc1ccc(OCC(=O)NN=C2CCCCCCC2)cc1. The standard InChI is InChI=1S/C17H24N2O2/c1-14-9-11-16(12-10-14)21-13-17(20)19-18-15-7-5-3-2-4-6-8-15/h9-12H,2-8,13H2,1H3,(H,19,20). The van der Waals surface area contributed by atoms with E-state index >= 15 is 0 Å². The summed E-state index contributed by atoms with van der Waals surface area (Å²) in [6, 6.07) is 7.65. The highest BCUT2D eigenvalue weighted by Crippen LogP contribution is 2.14. The van der Waals surface area contributed by atoms with Gasteiger partial charge in [0.05, 0.1) is 0 Å². The van der Waals surface area contributed by atoms with Gasteiger partial charge in [-0.15, -0.1) is 0 Å². The molecule has 2 rings (SSSR count). The minimum Gasteiger partial charge on any atom is -0.484 e. The molecule has 1 aliphatic carbocycles. The van der Waals surface area contributed by atoms with Gasteiger partial charge in [-0.05, 0) is 44.7 Å². The Morgan fingerprint density at radius 1 is 1.10 bits per heavy atom. The number of ether oxygens (including phenoxy) is 1. The lowest BCUT2D eigenvalue weighted by molar-refractivity contribution is -0.123. The molecule has 1 N–H and O–H groups in total. The summed E-state index contributed by atoms with van der Waals surface area (Å²) < 4.78 is 5.43. The molecule has 21 heavy (non-hydrogen) atoms. The molecule has 4 nitrogen and oxygen atoms in total. The molecule has 0 heterocycles. The lowest BCUT2D eigenvalue weighted by Crippen LogP contribution is -2.26. The Balaban J connectivity index is 1.74. The number of amides is 1. The first kappa shape index (κ1) is 15.5. The van der Waals surface area contributed by atoms with Gasteiger partial charge in [-0.1, -0.05) is 37.0 Å². The van der Waals surface area contributed by atoms with Gasteiger partial charge in [0.15, 0.2) is 6.61 Å². The van der Waals surface area contributed by atoms with Crippen LogP contribution in [0.5, 0.6) is 5.75 Å². The van der Waals surface area contributed by atoms with Gasteiger partial charge in [-0.2, -0.15) is 5.10 Å². The topological polar surface area (TPSA) is 50.7 Å². The Morgan fingerprint density at radius 3 is 2.38 bits per heavy atom. The van der Waals surface area contributed by atoms with E-state index in [1.165, 1.54) is 37.7 Å². The maximum atomic E-state index is 11.7. The Hall–Kier alpha value is -1.84. The van der Waals surface area contributed by atoms with Crippen LogP contribution in [0.15, 0.2) is 29.4 Å². The van der Waals surface area contributed by atoms with E-state index in [-0.39, 0.29) is 12.5 Å². The third kappa shape index (κ3) is 5.98. The molecule has 1 aromatic rings. The number of carbonyl (C=O) groups is 1. The van der Waals surface area contributed by atoms with E-state index in [1.54, 1.807) is 0 Å². The third-order valence-corrected chi connectivity index (χ3v) is 3.66. The summed E-state index contributed by atoms with van der Waals surface area (Å²) in [5.74, 6) is 0.500. The van der Waals surface area contributed by atoms with E-state index in [2.05, 4.69) is 10.5 Å². The van der Waals surface area contributed by atoms with E-state index in [4.69, 9.17) is 4.74 Å². The molecule has 0 radical (unpaired) electrons. The van der Waals surface area contributed by atoms with Gasteiger partial charge in [-0.25, -0.2) is 5.43 Å². The van der Waals surface area contributed by atoms with E-state index in [9.17, 15) is 4.79 Å². The molecule has 0 spiro atoms. The largest absolute Gasteiger partial charge is 0.484 e. The fraction of sp³-hybridized carbons (Fsp3) is 0.529. The molecule has 0 saturated heterocycles. The second-order valence-corrected chi connectivity index (χ2v) is 5.58. The normalized spacial score (nSPS) is 15.8. The zero-order valence-corrected chi connectivity index (χ0v) is 12.7. The quantitative estimate of drug-likeness (QED) is 0.861. The van der Waals surface area contributed by atoms with Gasteiger partial charge >= 0.3 is 0 Å². The van der Waals surface area contributed by atoms with Crippen LogP contribution in [0.25, 0.3) is 0 Å². The molecule has 1 fully saturated rings. The second kappa shape index (κ2) is 8.45. The first-order valence-electron chi connectivity index (χ1n) is 7.78. The number of benzene rings is 1. The molecule has 1 aliphatic rings. The van der Waals surface area contributed by atoms with Crippen molar-refractivity contribution >= 4 is 11.6 Å². The summed E-state index contributed by atoms with van der Waals surface area (Å²) in [7, 11) is 0. The number of nitrogens with zero attached hydrogens (tertiary/aromatic N) is 1. The average Bonchev–Trinajstić information content (AvgIpc) is 2.45. The van der Waals surface area contributed by atoms with E-state index < -0.39 is 0 Å². The van der Waals surface area contributed by atoms with Gasteiger partial charge in [-0.3, -0.25) is 4.79 Å². The smallest absolute Gasteiger partial charge is 0.277 e. The Labute approximate surface area is 126 Å². The molecule has 4 heteroatoms. The van der Waals surface area contributed by atoms with Crippen molar-refractivity contribution in [1.82, 2.24) is 5.43 Å². The molecule has 0 aromatic heterocycles. The first-order valence-corrected chi connectivity index (χ1v) is 7.78. The van der Waals surface area contributed by atoms with Crippen molar-refractivity contribution in [1.29, 1.82) is 0 Å². The summed E-state index contributed by atoms with van der Waals surface area (Å²) in [6.45, 7) is 2.02. The summed E-state index contributed by atoms with van der Waals surface area (Å²) in [4.78, 5) is 11.7. The Kier molecular flexibility index (Phi) is 6.25. The van der Waals surface area contributed by atoms with Crippen molar-refractivity contribution in [3.05, 3.63) is 29.8 Å². The summed E-state index contributed by atoms with van der Waals surface area (Å²) in [5, 5.41) is 4.25. The van der Waals surface area contributed by atoms with Crippen molar-refractivity contribution in [2.45, 2.75) is 51.9 Å². The Bertz CT molecular complexity index is 470. The van der Waals surface area contributed by atoms with Gasteiger partial charge in [0.25, 0.3) is 5.91 Å². The van der Waals surface area contributed by atoms with Crippen LogP contribution in [0.3, 0.4) is 0 Å². The number of hydrazone groups is 1. The van der Waals surface area contributed by atoms with Gasteiger partial charge in [0, 0.05) is 5.71 Å². The minimum absolute atomic E-state index is 0.000158. The molecule has 0 atom stereocenters. The van der Waals surface area contributed by atoms with Crippen molar-refractivity contribution in [3.8, 4) is 5.75 Å². The van der Waals surface area contributed by atoms with Crippen molar-refractivity contribution in [3.63, 3.8) is 0 Å². The average molecular weight is 288 g/mol. The highest BCUT2D eigenvalue weighted by atomic mass is 16.5. The van der Waals surface area contributed by atoms with Crippen LogP contribution in [-0.4, -0.2) is 18.2 Å². The van der Waals surface area contributed by atoms with Crippen molar-refractivity contribution in [2.75, 3.05) is 6.61 Å². The fourth-order valence-electron chi connectivity index (χ4n) is 2.38. The zero-order valence-electron chi connectivity index (χ0n) is 12.7. The maximum absolute atomic E-state index is 11.7. The number of hydrogen-bond donors (Lipinski definition) is 1. The molecule has 0 unspecified atom stereocenters. The van der Waals surface area contributed by atoms with Crippen molar-refractivity contribution in [2.24, 2.45) is 5.10 Å². The molecule has 114 valence electrons. The van der Waals surface area contributed by atoms with Gasteiger partial charge < -0.3 is 4.74 Å². The van der Waals surface area contributed by atoms with Crippen LogP contribution in [0.4, 0.5) is 0 Å². The highest BCUT2D eigenvalue weighted by Gasteiger charge is 2.06. The molecular weight excluding hydrogens is 264 g/mol. The molecule has 1 aromatic carbocycles. The molecule has 0 aliphatic heterocycles. The number of nitrogens with one attached hydrogen (secondary N) is 1. The zero-order chi connectivity index (χ0) is 14.9. The Morgan fingerprint density at radius 2 is 1.71 bits per heavy atom. The highest BCUT2D eigenvalue weighted by molar-refractivity contribution is 5.86. The molecule has 1 amide bonds. The number of hydrogen-bond acceptors (Lipinski definition) is 3. The number of carbonyl (C=O) groups excluding carboxylic acids is 1. The van der Waals surface area contributed by atoms with E-state index in [1.807, 2.05) is 31.2 Å². The van der Waals surface area contributed by atoms with E-state index in [0.717, 1.165) is 18.6 Å². The van der Waals surface area contributed by atoms with Gasteiger partial charge in [0.2, 0.25) is 0 Å². The molecule has 1 saturated carbocycles. The summed E-state index contributed by atoms with van der Waals surface area (Å²) >= 11 is 0. The number of aryl methyl sites for hydroxylation is 1. The number of rotatable bonds is 4. The van der Waals surface area contributed by atoms with Crippen molar-refractivity contribution < 1.29 is 9.53 Å². The summed E-state index contributed by atoms with van der Waals surface area (Å²) in [6.07, 6.45) is 8.21. The minimum atomic E-state index is -0.204. The monoisotopic (exact) mass is 288 g/mol. The van der Waals surface area contributed by atoms with Crippen LogP contribution in [-0.2, 0) is 4.79 Å². The van der Waals surface area contributed by atoms with Crippen LogP contribution in [0.1, 0.15) is 50.5 Å². The third-order valence-electron chi connectivity index (χ3n) is 3.66. The summed E-state index contributed by atoms with van der Waals surface area (Å²) in [5.41, 5.74) is 4.88. The first-order chi connectivity index (χ1) is 10.2. The predicted molar refractivity (Wildman–Crippen MR) is 84.6 cm³/mol. The van der Waals surface area contributed by atoms with Crippen LogP contribution >= 0.6 is 0 Å². The van der Waals surface area contributed by atoms with Gasteiger partial charge in [0.1, 0.15) is 5.75 Å². The maximum Gasteiger partial charge on any atom is 0.277 e. The van der Waals surface area contributed by atoms with Crippen LogP contribution in [0, 0.1) is 6.92 Å². The lowest BCUT2D eigenvalue weighted by atomic mass is 9.99. The van der Waals surface area contributed by atoms with E-state index in [0.29, 0.717) is 5.75 Å². The predicted octanol–water partition coefficient (Wildman–Crippen LogP) is 3.59. The molecular formula is C17H24N2O2. The molecule has 0 bridgehead atoms. The lowest BCUT2D eigenvalue weighted by Gasteiger charge is -2.11. The van der Waals surface area contributed by atoms with Crippen LogP contribution < -0.4 is 10.2 Å². The van der Waals surface area contributed by atoms with Crippen LogP contribution in [0.2, 0.25) is 0 Å².